The first-order valence-electron chi connectivity index (χ1n) is 10.3. The zero-order chi connectivity index (χ0) is 19.2. The fraction of sp³-hybridized carbons (Fsp3) is 0.500. The maximum Gasteiger partial charge on any atom is 0.102 e. The Morgan fingerprint density at radius 1 is 0.786 bits per heavy atom. The van der Waals surface area contributed by atoms with Gasteiger partial charge in [0.05, 0.1) is 34.4 Å². The Balaban J connectivity index is 1.76. The number of fused-ring (bicyclic) bond motifs is 8. The van der Waals surface area contributed by atoms with Crippen LogP contribution in [0.4, 0.5) is 0 Å². The molecule has 6 atom stereocenters. The second-order valence-corrected chi connectivity index (χ2v) is 9.21. The van der Waals surface area contributed by atoms with E-state index in [-0.39, 0.29) is 17.1 Å². The molecule has 0 aliphatic heterocycles. The molecule has 0 aromatic carbocycles. The average Bonchev–Trinajstić information content (AvgIpc) is 3.50. The number of hydrogen-bond acceptors (Lipinski definition) is 4. The monoisotopic (exact) mass is 362 g/mol. The van der Waals surface area contributed by atoms with Gasteiger partial charge in [0.25, 0.3) is 0 Å². The molecule has 0 heterocycles. The first-order chi connectivity index (χ1) is 13.7. The van der Waals surface area contributed by atoms with Crippen LogP contribution in [0, 0.1) is 80.3 Å². The lowest BCUT2D eigenvalue weighted by Gasteiger charge is -2.52. The minimum absolute atomic E-state index is 0.149. The molecule has 134 valence electrons. The molecule has 28 heavy (non-hydrogen) atoms. The molecule has 0 aromatic heterocycles. The highest BCUT2D eigenvalue weighted by Gasteiger charge is 2.67. The SMILES string of the molecule is N#CC1=C(C#N)[C@@H]2C3=C(C=C4[C@H]5CC[C@H](C5)[C@]42C(C#N)=C1C#N)[C@@H]1CC[C@H]3C1. The summed E-state index contributed by atoms with van der Waals surface area (Å²) in [6, 6.07) is 9.01. The van der Waals surface area contributed by atoms with Gasteiger partial charge >= 0.3 is 0 Å². The van der Waals surface area contributed by atoms with Crippen molar-refractivity contribution in [3.63, 3.8) is 0 Å². The molecule has 3 saturated carbocycles. The summed E-state index contributed by atoms with van der Waals surface area (Å²) in [7, 11) is 0. The summed E-state index contributed by atoms with van der Waals surface area (Å²) in [5, 5.41) is 40.1. The molecule has 0 amide bonds. The number of rotatable bonds is 0. The summed E-state index contributed by atoms with van der Waals surface area (Å²) in [6.45, 7) is 0. The molecule has 6 aliphatic rings. The topological polar surface area (TPSA) is 95.2 Å². The smallest absolute Gasteiger partial charge is 0.102 e. The Bertz CT molecular complexity index is 1150. The minimum atomic E-state index is -0.544. The number of nitriles is 4. The van der Waals surface area contributed by atoms with Crippen molar-refractivity contribution in [1.29, 1.82) is 21.0 Å². The summed E-state index contributed by atoms with van der Waals surface area (Å²) < 4.78 is 0. The molecular formula is C24H18N4. The van der Waals surface area contributed by atoms with E-state index < -0.39 is 5.41 Å². The van der Waals surface area contributed by atoms with Gasteiger partial charge in [0.2, 0.25) is 0 Å². The maximum absolute atomic E-state index is 10.2. The van der Waals surface area contributed by atoms with E-state index in [0.717, 1.165) is 32.1 Å². The van der Waals surface area contributed by atoms with Gasteiger partial charge in [0.15, 0.2) is 0 Å². The zero-order valence-electron chi connectivity index (χ0n) is 15.5. The van der Waals surface area contributed by atoms with Crippen LogP contribution >= 0.6 is 0 Å². The molecule has 0 radical (unpaired) electrons. The molecule has 3 fully saturated rings. The van der Waals surface area contributed by atoms with Gasteiger partial charge in [-0.15, -0.1) is 0 Å². The summed E-state index contributed by atoms with van der Waals surface area (Å²) >= 11 is 0. The van der Waals surface area contributed by atoms with Gasteiger partial charge in [-0.05, 0) is 67.8 Å². The maximum atomic E-state index is 10.2. The first kappa shape index (κ1) is 15.9. The summed E-state index contributed by atoms with van der Waals surface area (Å²) in [4.78, 5) is 0. The highest BCUT2D eigenvalue weighted by molar-refractivity contribution is 5.73. The van der Waals surface area contributed by atoms with Gasteiger partial charge in [0.1, 0.15) is 12.1 Å². The van der Waals surface area contributed by atoms with Crippen LogP contribution in [0.2, 0.25) is 0 Å². The van der Waals surface area contributed by atoms with Gasteiger partial charge < -0.3 is 0 Å². The van der Waals surface area contributed by atoms with Crippen LogP contribution in [0.15, 0.2) is 45.1 Å². The van der Waals surface area contributed by atoms with E-state index >= 15 is 0 Å². The standard InChI is InChI=1S/C24H18N4/c25-8-17-18(9-26)21(11-28)24-15-4-3-13(6-15)20(24)7-16-12-1-2-14(5-12)22(16)23(24)19(17)10-27/h7,12-15,23H,1-6H2/t12-,13+,14+,15-,23-,24-/m1/s1. The molecule has 1 spiro atoms. The molecule has 6 aliphatic carbocycles. The third kappa shape index (κ3) is 1.46. The summed E-state index contributed by atoms with van der Waals surface area (Å²) in [6.07, 6.45) is 9.11. The van der Waals surface area contributed by atoms with E-state index in [2.05, 4.69) is 30.4 Å². The third-order valence-corrected chi connectivity index (χ3v) is 8.64. The Morgan fingerprint density at radius 3 is 2.25 bits per heavy atom. The molecular weight excluding hydrogens is 344 g/mol. The van der Waals surface area contributed by atoms with Crippen molar-refractivity contribution < 1.29 is 0 Å². The predicted octanol–water partition coefficient (Wildman–Crippen LogP) is 4.39. The third-order valence-electron chi connectivity index (χ3n) is 8.64. The lowest BCUT2D eigenvalue weighted by atomic mass is 9.48. The van der Waals surface area contributed by atoms with Gasteiger partial charge in [-0.1, -0.05) is 17.2 Å². The Labute approximate surface area is 164 Å². The largest absolute Gasteiger partial charge is 0.193 e. The van der Waals surface area contributed by atoms with Crippen molar-refractivity contribution >= 4 is 0 Å². The molecule has 0 unspecified atom stereocenters. The van der Waals surface area contributed by atoms with Crippen molar-refractivity contribution in [3.8, 4) is 24.3 Å². The van der Waals surface area contributed by atoms with E-state index in [0.29, 0.717) is 34.8 Å². The number of allylic oxidation sites excluding steroid dienone is 8. The second kappa shape index (κ2) is 5.04. The predicted molar refractivity (Wildman–Crippen MR) is 99.2 cm³/mol. The van der Waals surface area contributed by atoms with Crippen LogP contribution in [0.1, 0.15) is 38.5 Å². The lowest BCUT2D eigenvalue weighted by Crippen LogP contribution is -2.46. The minimum Gasteiger partial charge on any atom is -0.193 e. The first-order valence-corrected chi connectivity index (χ1v) is 10.3. The average molecular weight is 362 g/mol. The van der Waals surface area contributed by atoms with Crippen LogP contribution < -0.4 is 0 Å². The molecule has 4 nitrogen and oxygen atoms in total. The van der Waals surface area contributed by atoms with Crippen molar-refractivity contribution in [1.82, 2.24) is 0 Å². The van der Waals surface area contributed by atoms with Crippen LogP contribution in [0.25, 0.3) is 0 Å². The Kier molecular flexibility index (Phi) is 2.87. The van der Waals surface area contributed by atoms with Gasteiger partial charge in [0, 0.05) is 11.3 Å². The van der Waals surface area contributed by atoms with Crippen LogP contribution in [-0.4, -0.2) is 0 Å². The fourth-order valence-electron chi connectivity index (χ4n) is 7.91. The Morgan fingerprint density at radius 2 is 1.54 bits per heavy atom. The number of hydrogen-bond donors (Lipinski definition) is 0. The van der Waals surface area contributed by atoms with Gasteiger partial charge in [-0.3, -0.25) is 0 Å². The van der Waals surface area contributed by atoms with E-state index in [1.165, 1.54) is 23.1 Å². The van der Waals surface area contributed by atoms with E-state index in [1.54, 1.807) is 0 Å². The van der Waals surface area contributed by atoms with Crippen molar-refractivity contribution in [2.45, 2.75) is 38.5 Å². The molecule has 0 N–H and O–H groups in total. The van der Waals surface area contributed by atoms with Crippen molar-refractivity contribution in [2.24, 2.45) is 35.0 Å². The van der Waals surface area contributed by atoms with E-state index in [4.69, 9.17) is 0 Å². The van der Waals surface area contributed by atoms with Crippen molar-refractivity contribution in [2.75, 3.05) is 0 Å². The Hall–Kier alpha value is -3.08. The van der Waals surface area contributed by atoms with E-state index in [1.807, 2.05) is 0 Å². The van der Waals surface area contributed by atoms with Crippen LogP contribution in [0.3, 0.4) is 0 Å². The summed E-state index contributed by atoms with van der Waals surface area (Å²) in [5.41, 5.74) is 4.73. The normalized spacial score (nSPS) is 41.6. The highest BCUT2D eigenvalue weighted by Crippen LogP contribution is 2.74. The quantitative estimate of drug-likeness (QED) is 0.638. The zero-order valence-corrected chi connectivity index (χ0v) is 15.5. The molecule has 0 saturated heterocycles. The van der Waals surface area contributed by atoms with Crippen LogP contribution in [-0.2, 0) is 0 Å². The van der Waals surface area contributed by atoms with Crippen LogP contribution in [0.5, 0.6) is 0 Å². The lowest BCUT2D eigenvalue weighted by molar-refractivity contribution is 0.212. The molecule has 4 bridgehead atoms. The van der Waals surface area contributed by atoms with Crippen molar-refractivity contribution in [3.05, 3.63) is 45.1 Å². The molecule has 6 rings (SSSR count). The summed E-state index contributed by atoms with van der Waals surface area (Å²) in [5.74, 6) is 1.59. The van der Waals surface area contributed by atoms with E-state index in [9.17, 15) is 21.0 Å². The molecule has 4 heteroatoms. The second-order valence-electron chi connectivity index (χ2n) is 9.21. The fourth-order valence-corrected chi connectivity index (χ4v) is 7.91. The molecule has 0 aromatic rings. The highest BCUT2D eigenvalue weighted by atomic mass is 14.7. The van der Waals surface area contributed by atoms with Gasteiger partial charge in [-0.25, -0.2) is 0 Å². The number of nitrogens with zero attached hydrogens (tertiary/aromatic N) is 4. The van der Waals surface area contributed by atoms with Gasteiger partial charge in [-0.2, -0.15) is 21.0 Å².